The highest BCUT2D eigenvalue weighted by Crippen LogP contribution is 2.42. The van der Waals surface area contributed by atoms with Gasteiger partial charge in [-0.25, -0.2) is 18.4 Å². The van der Waals surface area contributed by atoms with Crippen molar-refractivity contribution in [3.8, 4) is 6.07 Å². The summed E-state index contributed by atoms with van der Waals surface area (Å²) in [7, 11) is -3.19. The molecule has 3 aromatic heterocycles. The van der Waals surface area contributed by atoms with E-state index >= 15 is 0 Å². The van der Waals surface area contributed by atoms with Crippen molar-refractivity contribution in [2.24, 2.45) is 0 Å². The molecule has 0 spiro atoms. The van der Waals surface area contributed by atoms with Gasteiger partial charge in [0.05, 0.1) is 23.8 Å². The van der Waals surface area contributed by atoms with Gasteiger partial charge in [-0.2, -0.15) is 14.9 Å². The summed E-state index contributed by atoms with van der Waals surface area (Å²) >= 11 is 0. The van der Waals surface area contributed by atoms with Crippen LogP contribution < -0.4 is 16.4 Å². The Balaban J connectivity index is 1.53. The van der Waals surface area contributed by atoms with E-state index in [0.29, 0.717) is 46.0 Å². The number of hydrogen-bond donors (Lipinski definition) is 3. The van der Waals surface area contributed by atoms with Crippen LogP contribution in [0.5, 0.6) is 0 Å². The molecule has 11 heteroatoms. The Labute approximate surface area is 196 Å². The van der Waals surface area contributed by atoms with Gasteiger partial charge in [0.1, 0.15) is 29.1 Å². The van der Waals surface area contributed by atoms with Gasteiger partial charge in [-0.1, -0.05) is 6.07 Å². The summed E-state index contributed by atoms with van der Waals surface area (Å²) in [6.07, 6.45) is 6.38. The van der Waals surface area contributed by atoms with Crippen molar-refractivity contribution in [3.05, 3.63) is 65.5 Å². The molecule has 34 heavy (non-hydrogen) atoms. The maximum absolute atomic E-state index is 12.0. The fourth-order valence-corrected chi connectivity index (χ4v) is 4.65. The summed E-state index contributed by atoms with van der Waals surface area (Å²) in [5, 5.41) is 20.2. The zero-order valence-electron chi connectivity index (χ0n) is 18.4. The molecule has 0 saturated heterocycles. The number of anilines is 5. The number of nitrogens with one attached hydrogen (secondary N) is 2. The lowest BCUT2D eigenvalue weighted by atomic mass is 10.0. The number of nitrogens with zero attached hydrogens (tertiary/aromatic N) is 5. The first-order valence-electron chi connectivity index (χ1n) is 10.6. The first-order valence-corrected chi connectivity index (χ1v) is 12.7. The van der Waals surface area contributed by atoms with Gasteiger partial charge in [0.25, 0.3) is 0 Å². The number of rotatable bonds is 7. The molecule has 1 aliphatic rings. The van der Waals surface area contributed by atoms with Crippen LogP contribution in [0.25, 0.3) is 5.65 Å². The number of fused-ring (bicyclic) bond motifs is 1. The van der Waals surface area contributed by atoms with E-state index < -0.39 is 9.84 Å². The summed E-state index contributed by atoms with van der Waals surface area (Å²) < 4.78 is 25.5. The first-order chi connectivity index (χ1) is 16.3. The lowest BCUT2D eigenvalue weighted by Crippen LogP contribution is -2.06. The van der Waals surface area contributed by atoms with Crippen molar-refractivity contribution in [2.75, 3.05) is 22.6 Å². The quantitative estimate of drug-likeness (QED) is 0.365. The van der Waals surface area contributed by atoms with E-state index in [2.05, 4.69) is 31.8 Å². The van der Waals surface area contributed by atoms with Crippen LogP contribution in [0.2, 0.25) is 0 Å². The Morgan fingerprint density at radius 1 is 1.15 bits per heavy atom. The molecule has 0 bridgehead atoms. The van der Waals surface area contributed by atoms with E-state index in [-0.39, 0.29) is 5.75 Å². The number of hydrogen-bond acceptors (Lipinski definition) is 9. The highest BCUT2D eigenvalue weighted by molar-refractivity contribution is 7.89. The summed E-state index contributed by atoms with van der Waals surface area (Å²) in [5.41, 5.74) is 9.53. The van der Waals surface area contributed by atoms with Crippen LogP contribution in [0.4, 0.5) is 28.8 Å². The monoisotopic (exact) mass is 474 g/mol. The van der Waals surface area contributed by atoms with E-state index in [1.807, 2.05) is 18.2 Å². The summed E-state index contributed by atoms with van der Waals surface area (Å²) in [6, 6.07) is 13.1. The van der Waals surface area contributed by atoms with Crippen molar-refractivity contribution in [1.29, 1.82) is 5.26 Å². The summed E-state index contributed by atoms with van der Waals surface area (Å²) in [6.45, 7) is 0. The Hall–Kier alpha value is -4.17. The van der Waals surface area contributed by atoms with Gasteiger partial charge in [0.2, 0.25) is 0 Å². The minimum atomic E-state index is -3.19. The number of nitrogens with two attached hydrogens (primary N) is 1. The molecule has 3 heterocycles. The predicted octanol–water partition coefficient (Wildman–Crippen LogP) is 3.49. The highest BCUT2D eigenvalue weighted by atomic mass is 32.2. The standard InChI is InChI=1S/C23H22N8O2S/c1-34(32,33)13-15-8-18(5-6-19(15)14-2-3-14)28-21-9-22(29-20-7-4-17(25)12-26-20)31-23(30-21)16(10-24)11-27-31/h4-9,11-12,14H,2-3,13,25H2,1H3,(H,26,29)(H,28,30). The van der Waals surface area contributed by atoms with Crippen molar-refractivity contribution >= 4 is 44.3 Å². The number of nitrogen functional groups attached to an aromatic ring is 1. The molecule has 5 rings (SSSR count). The molecule has 0 amide bonds. The third kappa shape index (κ3) is 4.62. The number of sulfone groups is 1. The van der Waals surface area contributed by atoms with E-state index in [9.17, 15) is 13.7 Å². The molecule has 0 aliphatic heterocycles. The molecule has 4 aromatic rings. The number of pyridine rings is 1. The second-order valence-corrected chi connectivity index (χ2v) is 10.6. The molecule has 1 saturated carbocycles. The second-order valence-electron chi connectivity index (χ2n) is 8.42. The second kappa shape index (κ2) is 8.31. The average molecular weight is 475 g/mol. The summed E-state index contributed by atoms with van der Waals surface area (Å²) in [5.74, 6) is 1.96. The first kappa shape index (κ1) is 21.7. The van der Waals surface area contributed by atoms with E-state index in [1.54, 1.807) is 18.2 Å². The third-order valence-electron chi connectivity index (χ3n) is 5.49. The molecule has 1 aromatic carbocycles. The molecular weight excluding hydrogens is 452 g/mol. The number of benzene rings is 1. The molecule has 0 radical (unpaired) electrons. The minimum absolute atomic E-state index is 0.0162. The van der Waals surface area contributed by atoms with Gasteiger partial charge in [0.15, 0.2) is 15.5 Å². The van der Waals surface area contributed by atoms with Crippen molar-refractivity contribution < 1.29 is 8.42 Å². The van der Waals surface area contributed by atoms with E-state index in [4.69, 9.17) is 5.73 Å². The Bertz CT molecular complexity index is 1530. The van der Waals surface area contributed by atoms with E-state index in [0.717, 1.165) is 24.0 Å². The minimum Gasteiger partial charge on any atom is -0.397 e. The molecular formula is C23H22N8O2S. The van der Waals surface area contributed by atoms with Crippen LogP contribution in [0.15, 0.2) is 48.8 Å². The van der Waals surface area contributed by atoms with Gasteiger partial charge in [-0.15, -0.1) is 0 Å². The van der Waals surface area contributed by atoms with Gasteiger partial charge in [-0.3, -0.25) is 0 Å². The zero-order valence-corrected chi connectivity index (χ0v) is 19.2. The van der Waals surface area contributed by atoms with Gasteiger partial charge < -0.3 is 16.4 Å². The largest absolute Gasteiger partial charge is 0.397 e. The zero-order chi connectivity index (χ0) is 23.9. The fourth-order valence-electron chi connectivity index (χ4n) is 3.84. The Morgan fingerprint density at radius 3 is 2.65 bits per heavy atom. The maximum Gasteiger partial charge on any atom is 0.177 e. The predicted molar refractivity (Wildman–Crippen MR) is 130 cm³/mol. The van der Waals surface area contributed by atoms with Crippen LogP contribution in [0.3, 0.4) is 0 Å². The molecule has 0 atom stereocenters. The lowest BCUT2D eigenvalue weighted by Gasteiger charge is -2.14. The van der Waals surface area contributed by atoms with Crippen molar-refractivity contribution in [1.82, 2.24) is 19.6 Å². The molecule has 1 fully saturated rings. The molecule has 10 nitrogen and oxygen atoms in total. The lowest BCUT2D eigenvalue weighted by molar-refractivity contribution is 0.601. The smallest absolute Gasteiger partial charge is 0.177 e. The molecule has 4 N–H and O–H groups in total. The van der Waals surface area contributed by atoms with Gasteiger partial charge in [0, 0.05) is 18.0 Å². The van der Waals surface area contributed by atoms with E-state index in [1.165, 1.54) is 23.2 Å². The highest BCUT2D eigenvalue weighted by Gasteiger charge is 2.27. The van der Waals surface area contributed by atoms with Crippen LogP contribution in [-0.2, 0) is 15.6 Å². The maximum atomic E-state index is 12.0. The van der Waals surface area contributed by atoms with Crippen molar-refractivity contribution in [2.45, 2.75) is 24.5 Å². The third-order valence-corrected chi connectivity index (χ3v) is 6.32. The van der Waals surface area contributed by atoms with Crippen LogP contribution in [0, 0.1) is 11.3 Å². The average Bonchev–Trinajstić information content (AvgIpc) is 3.53. The molecule has 1 aliphatic carbocycles. The normalized spacial score (nSPS) is 13.5. The van der Waals surface area contributed by atoms with Crippen LogP contribution in [0.1, 0.15) is 35.4 Å². The fraction of sp³-hybridized carbons (Fsp3) is 0.217. The van der Waals surface area contributed by atoms with Crippen molar-refractivity contribution in [3.63, 3.8) is 0 Å². The van der Waals surface area contributed by atoms with Crippen LogP contribution in [-0.4, -0.2) is 34.3 Å². The SMILES string of the molecule is CS(=O)(=O)Cc1cc(Nc2cc(Nc3ccc(N)cn3)n3ncc(C#N)c3n2)ccc1C1CC1. The van der Waals surface area contributed by atoms with Gasteiger partial charge >= 0.3 is 0 Å². The Morgan fingerprint density at radius 2 is 1.97 bits per heavy atom. The molecule has 172 valence electrons. The molecule has 0 unspecified atom stereocenters. The van der Waals surface area contributed by atoms with Gasteiger partial charge in [-0.05, 0) is 54.2 Å². The Kier molecular flexibility index (Phi) is 5.30. The topological polar surface area (TPSA) is 151 Å². The number of aromatic nitrogens is 4. The number of nitriles is 1. The van der Waals surface area contributed by atoms with Crippen LogP contribution >= 0.6 is 0 Å². The summed E-state index contributed by atoms with van der Waals surface area (Å²) in [4.78, 5) is 8.82.